The van der Waals surface area contributed by atoms with Crippen molar-refractivity contribution in [1.29, 1.82) is 0 Å². The fourth-order valence-corrected chi connectivity index (χ4v) is 5.01. The van der Waals surface area contributed by atoms with E-state index in [1.165, 1.54) is 10.4 Å². The number of benzene rings is 1. The molecule has 0 N–H and O–H groups in total. The van der Waals surface area contributed by atoms with E-state index in [9.17, 15) is 4.79 Å². The van der Waals surface area contributed by atoms with Crippen molar-refractivity contribution in [2.45, 2.75) is 39.3 Å². The van der Waals surface area contributed by atoms with Gasteiger partial charge in [-0.05, 0) is 78.3 Å². The van der Waals surface area contributed by atoms with Gasteiger partial charge in [-0.15, -0.1) is 11.3 Å². The molecule has 1 aliphatic heterocycles. The van der Waals surface area contributed by atoms with E-state index in [0.29, 0.717) is 0 Å². The lowest BCUT2D eigenvalue weighted by atomic mass is 9.95. The summed E-state index contributed by atoms with van der Waals surface area (Å²) in [5.41, 5.74) is 5.14. The molecule has 0 saturated carbocycles. The Kier molecular flexibility index (Phi) is 5.11. The van der Waals surface area contributed by atoms with Gasteiger partial charge >= 0.3 is 0 Å². The maximum Gasteiger partial charge on any atom is 0.270 e. The minimum Gasteiger partial charge on any atom is -0.496 e. The number of nitrogens with zero attached hydrogens (tertiary/aromatic N) is 2. The number of amides is 1. The molecular weight excluding hydrogens is 448 g/mol. The monoisotopic (exact) mass is 472 g/mol. The predicted molar refractivity (Wildman–Crippen MR) is 123 cm³/mol. The number of fused-ring (bicyclic) bond motifs is 3. The fourth-order valence-electron chi connectivity index (χ4n) is 3.76. The zero-order valence-electron chi connectivity index (χ0n) is 17.4. The van der Waals surface area contributed by atoms with Gasteiger partial charge in [-0.1, -0.05) is 6.07 Å². The maximum absolute atomic E-state index is 13.4. The van der Waals surface area contributed by atoms with Gasteiger partial charge in [-0.3, -0.25) is 4.79 Å². The summed E-state index contributed by atoms with van der Waals surface area (Å²) in [7, 11) is 3.57. The first kappa shape index (κ1) is 20.2. The molecule has 0 spiro atoms. The van der Waals surface area contributed by atoms with Crippen LogP contribution in [-0.2, 0) is 13.0 Å². The second-order valence-corrected chi connectivity index (χ2v) is 10.2. The minimum absolute atomic E-state index is 0.0533. The third kappa shape index (κ3) is 3.42. The summed E-state index contributed by atoms with van der Waals surface area (Å²) >= 11 is 5.34. The molecule has 0 atom stereocenters. The molecule has 152 valence electrons. The van der Waals surface area contributed by atoms with Crippen LogP contribution in [0.5, 0.6) is 5.75 Å². The molecule has 4 rings (SSSR count). The summed E-state index contributed by atoms with van der Waals surface area (Å²) in [6, 6.07) is 10.5. The molecule has 1 aromatic carbocycles. The van der Waals surface area contributed by atoms with Crippen molar-refractivity contribution in [3.05, 3.63) is 51.4 Å². The molecule has 0 saturated heterocycles. The zero-order chi connectivity index (χ0) is 20.9. The van der Waals surface area contributed by atoms with E-state index < -0.39 is 0 Å². The molecule has 4 nitrogen and oxygen atoms in total. The van der Waals surface area contributed by atoms with Crippen LogP contribution in [0.15, 0.2) is 40.2 Å². The molecule has 2 aromatic heterocycles. The van der Waals surface area contributed by atoms with Crippen molar-refractivity contribution < 1.29 is 9.53 Å². The number of ether oxygens (including phenoxy) is 1. The second kappa shape index (κ2) is 7.33. The van der Waals surface area contributed by atoms with Crippen molar-refractivity contribution in [2.24, 2.45) is 0 Å². The first-order valence-corrected chi connectivity index (χ1v) is 11.3. The smallest absolute Gasteiger partial charge is 0.270 e. The number of thiophene rings is 1. The largest absolute Gasteiger partial charge is 0.496 e. The molecule has 0 aliphatic carbocycles. The molecular formula is C23H25BrN2O2S. The maximum atomic E-state index is 13.4. The quantitative estimate of drug-likeness (QED) is 0.462. The molecule has 29 heavy (non-hydrogen) atoms. The third-order valence-electron chi connectivity index (χ3n) is 5.65. The molecule has 0 fully saturated rings. The van der Waals surface area contributed by atoms with Crippen LogP contribution in [-0.4, -0.2) is 35.1 Å². The second-order valence-electron chi connectivity index (χ2n) is 8.35. The van der Waals surface area contributed by atoms with E-state index in [-0.39, 0.29) is 11.4 Å². The molecule has 3 aromatic rings. The molecule has 1 aliphatic rings. The first-order valence-electron chi connectivity index (χ1n) is 9.64. The van der Waals surface area contributed by atoms with Crippen LogP contribution < -0.4 is 4.74 Å². The predicted octanol–water partition coefficient (Wildman–Crippen LogP) is 6.08. The number of halogens is 1. The first-order chi connectivity index (χ1) is 13.7. The number of carbonyl (C=O) groups is 1. The van der Waals surface area contributed by atoms with Crippen molar-refractivity contribution in [1.82, 2.24) is 9.47 Å². The SMILES string of the molecule is COc1cc2c(cc1Br)-c1c(-c3cccs3)cc(C(=O)N(C)C(C)(C)C)n1CC2. The Hall–Kier alpha value is -2.05. The molecule has 3 heterocycles. The normalized spacial score (nSPS) is 13.0. The van der Waals surface area contributed by atoms with Gasteiger partial charge in [-0.2, -0.15) is 0 Å². The lowest BCUT2D eigenvalue weighted by molar-refractivity contribution is 0.0644. The van der Waals surface area contributed by atoms with Crippen LogP contribution in [0.4, 0.5) is 0 Å². The summed E-state index contributed by atoms with van der Waals surface area (Å²) in [5.74, 6) is 0.891. The van der Waals surface area contributed by atoms with Gasteiger partial charge in [0, 0.05) is 35.1 Å². The Labute approximate surface area is 184 Å². The highest BCUT2D eigenvalue weighted by Crippen LogP contribution is 2.44. The summed E-state index contributed by atoms with van der Waals surface area (Å²) in [5, 5.41) is 2.08. The number of rotatable bonds is 3. The number of methoxy groups -OCH3 is 1. The van der Waals surface area contributed by atoms with Gasteiger partial charge in [0.05, 0.1) is 17.3 Å². The van der Waals surface area contributed by atoms with Gasteiger partial charge < -0.3 is 14.2 Å². The molecule has 6 heteroatoms. The number of aryl methyl sites for hydroxylation is 1. The van der Waals surface area contributed by atoms with Gasteiger partial charge in [0.1, 0.15) is 11.4 Å². The summed E-state index contributed by atoms with van der Waals surface area (Å²) in [6.45, 7) is 6.95. The molecule has 0 radical (unpaired) electrons. The average molecular weight is 473 g/mol. The van der Waals surface area contributed by atoms with E-state index in [2.05, 4.69) is 77.0 Å². The number of carbonyl (C=O) groups excluding carboxylic acids is 1. The Balaban J connectivity index is 1.95. The molecule has 0 bridgehead atoms. The van der Waals surface area contributed by atoms with Gasteiger partial charge in [0.15, 0.2) is 0 Å². The fraction of sp³-hybridized carbons (Fsp3) is 0.348. The van der Waals surface area contributed by atoms with Crippen LogP contribution in [0.1, 0.15) is 36.8 Å². The summed E-state index contributed by atoms with van der Waals surface area (Å²) in [4.78, 5) is 16.4. The number of hydrogen-bond donors (Lipinski definition) is 0. The van der Waals surface area contributed by atoms with Gasteiger partial charge in [-0.25, -0.2) is 0 Å². The zero-order valence-corrected chi connectivity index (χ0v) is 19.8. The Morgan fingerprint density at radius 2 is 2.00 bits per heavy atom. The van der Waals surface area contributed by atoms with Crippen molar-refractivity contribution in [2.75, 3.05) is 14.2 Å². The van der Waals surface area contributed by atoms with Crippen LogP contribution in [0.25, 0.3) is 21.7 Å². The van der Waals surface area contributed by atoms with E-state index in [1.54, 1.807) is 18.4 Å². The standard InChI is InChI=1S/C23H25BrN2O2S/c1-23(2,3)25(4)22(27)18-13-16(20-7-6-10-29-20)21-15-12-17(24)19(28-5)11-14(15)8-9-26(18)21/h6-7,10-13H,8-9H2,1-5H3. The van der Waals surface area contributed by atoms with Gasteiger partial charge in [0.2, 0.25) is 0 Å². The van der Waals surface area contributed by atoms with Crippen LogP contribution >= 0.6 is 27.3 Å². The Morgan fingerprint density at radius 1 is 1.24 bits per heavy atom. The van der Waals surface area contributed by atoms with E-state index in [4.69, 9.17) is 4.74 Å². The van der Waals surface area contributed by atoms with Crippen molar-refractivity contribution >= 4 is 33.2 Å². The van der Waals surface area contributed by atoms with Gasteiger partial charge in [0.25, 0.3) is 5.91 Å². The topological polar surface area (TPSA) is 34.5 Å². The highest BCUT2D eigenvalue weighted by molar-refractivity contribution is 9.10. The van der Waals surface area contributed by atoms with Crippen molar-refractivity contribution in [3.8, 4) is 27.4 Å². The molecule has 0 unspecified atom stereocenters. The number of aromatic nitrogens is 1. The van der Waals surface area contributed by atoms with E-state index >= 15 is 0 Å². The lowest BCUT2D eigenvalue weighted by Gasteiger charge is -2.32. The van der Waals surface area contributed by atoms with Crippen LogP contribution in [0.3, 0.4) is 0 Å². The highest BCUT2D eigenvalue weighted by Gasteiger charge is 2.31. The van der Waals surface area contributed by atoms with E-state index in [0.717, 1.165) is 45.7 Å². The minimum atomic E-state index is -0.242. The lowest BCUT2D eigenvalue weighted by Crippen LogP contribution is -2.43. The molecule has 1 amide bonds. The summed E-state index contributed by atoms with van der Waals surface area (Å²) in [6.07, 6.45) is 0.865. The van der Waals surface area contributed by atoms with E-state index in [1.807, 2.05) is 11.9 Å². The Morgan fingerprint density at radius 3 is 2.62 bits per heavy atom. The summed E-state index contributed by atoms with van der Waals surface area (Å²) < 4.78 is 8.62. The highest BCUT2D eigenvalue weighted by atomic mass is 79.9. The number of hydrogen-bond acceptors (Lipinski definition) is 3. The Bertz CT molecular complexity index is 1080. The third-order valence-corrected chi connectivity index (χ3v) is 7.17. The van der Waals surface area contributed by atoms with Crippen molar-refractivity contribution in [3.63, 3.8) is 0 Å². The van der Waals surface area contributed by atoms with Crippen LogP contribution in [0.2, 0.25) is 0 Å². The van der Waals surface area contributed by atoms with Crippen LogP contribution in [0, 0.1) is 0 Å². The average Bonchev–Trinajstić information content (AvgIpc) is 3.33.